The van der Waals surface area contributed by atoms with Gasteiger partial charge in [-0.2, -0.15) is 0 Å². The van der Waals surface area contributed by atoms with E-state index >= 15 is 0 Å². The molecule has 2 aromatic rings. The summed E-state index contributed by atoms with van der Waals surface area (Å²) < 4.78 is 5.63. The van der Waals surface area contributed by atoms with E-state index in [1.165, 1.54) is 6.07 Å². The third-order valence-corrected chi connectivity index (χ3v) is 3.72. The summed E-state index contributed by atoms with van der Waals surface area (Å²) in [5.74, 6) is -0.201. The molecular formula is C17H16O4. The normalized spacial score (nSPS) is 17.9. The van der Waals surface area contributed by atoms with Gasteiger partial charge < -0.3 is 14.9 Å². The lowest BCUT2D eigenvalue weighted by molar-refractivity contribution is 0.0691. The van der Waals surface area contributed by atoms with E-state index in [4.69, 9.17) is 4.74 Å². The highest BCUT2D eigenvalue weighted by Gasteiger charge is 2.23. The van der Waals surface area contributed by atoms with Crippen molar-refractivity contribution in [3.05, 3.63) is 64.7 Å². The largest absolute Gasteiger partial charge is 0.490 e. The number of ether oxygens (including phenoxy) is 1. The van der Waals surface area contributed by atoms with Crippen molar-refractivity contribution in [3.8, 4) is 5.75 Å². The molecule has 108 valence electrons. The molecule has 0 saturated carbocycles. The Balaban J connectivity index is 1.98. The highest BCUT2D eigenvalue weighted by molar-refractivity contribution is 5.89. The first-order valence-corrected chi connectivity index (χ1v) is 6.86. The molecule has 1 aliphatic rings. The minimum absolute atomic E-state index is 0.120. The van der Waals surface area contributed by atoms with Crippen LogP contribution in [-0.4, -0.2) is 22.3 Å². The van der Waals surface area contributed by atoms with Crippen LogP contribution in [0, 0.1) is 0 Å². The maximum absolute atomic E-state index is 11.3. The van der Waals surface area contributed by atoms with Crippen molar-refractivity contribution in [2.45, 2.75) is 25.6 Å². The molecule has 0 aliphatic carbocycles. The number of aliphatic hydroxyl groups is 1. The molecule has 0 spiro atoms. The number of rotatable bonds is 3. The first-order chi connectivity index (χ1) is 10.1. The number of benzene rings is 2. The third-order valence-electron chi connectivity index (χ3n) is 3.72. The molecule has 0 radical (unpaired) electrons. The average molecular weight is 284 g/mol. The highest BCUT2D eigenvalue weighted by atomic mass is 16.5. The van der Waals surface area contributed by atoms with Crippen molar-refractivity contribution >= 4 is 5.97 Å². The van der Waals surface area contributed by atoms with Crippen LogP contribution in [-0.2, 0) is 6.42 Å². The fraction of sp³-hybridized carbons (Fsp3) is 0.235. The van der Waals surface area contributed by atoms with Gasteiger partial charge in [-0.3, -0.25) is 0 Å². The lowest BCUT2D eigenvalue weighted by Gasteiger charge is -2.14. The van der Waals surface area contributed by atoms with Crippen molar-refractivity contribution in [2.24, 2.45) is 0 Å². The van der Waals surface area contributed by atoms with Gasteiger partial charge in [-0.1, -0.05) is 24.3 Å². The summed E-state index contributed by atoms with van der Waals surface area (Å²) in [6, 6.07) is 12.0. The van der Waals surface area contributed by atoms with Crippen molar-refractivity contribution in [1.29, 1.82) is 0 Å². The van der Waals surface area contributed by atoms with Gasteiger partial charge in [-0.25, -0.2) is 4.79 Å². The molecule has 1 heterocycles. The molecule has 2 unspecified atom stereocenters. The summed E-state index contributed by atoms with van der Waals surface area (Å²) in [5, 5.41) is 19.7. The van der Waals surface area contributed by atoms with Crippen LogP contribution in [0.5, 0.6) is 5.75 Å². The van der Waals surface area contributed by atoms with E-state index in [1.54, 1.807) is 24.3 Å². The van der Waals surface area contributed by atoms with Crippen LogP contribution in [0.25, 0.3) is 0 Å². The van der Waals surface area contributed by atoms with E-state index in [9.17, 15) is 15.0 Å². The number of aromatic carboxylic acids is 1. The second-order valence-electron chi connectivity index (χ2n) is 5.29. The lowest BCUT2D eigenvalue weighted by atomic mass is 9.95. The van der Waals surface area contributed by atoms with Crippen LogP contribution >= 0.6 is 0 Å². The van der Waals surface area contributed by atoms with Gasteiger partial charge in [0.2, 0.25) is 0 Å². The predicted molar refractivity (Wildman–Crippen MR) is 77.7 cm³/mol. The molecule has 0 amide bonds. The summed E-state index contributed by atoms with van der Waals surface area (Å²) in [6.07, 6.45) is -0.0200. The van der Waals surface area contributed by atoms with E-state index in [0.29, 0.717) is 11.1 Å². The lowest BCUT2D eigenvalue weighted by Crippen LogP contribution is -2.08. The van der Waals surface area contributed by atoms with E-state index in [1.807, 2.05) is 19.1 Å². The molecule has 0 bridgehead atoms. The molecule has 0 saturated heterocycles. The van der Waals surface area contributed by atoms with E-state index in [-0.39, 0.29) is 11.7 Å². The molecule has 0 fully saturated rings. The maximum atomic E-state index is 11.3. The fourth-order valence-corrected chi connectivity index (χ4v) is 2.72. The number of carboxylic acids is 1. The topological polar surface area (TPSA) is 66.8 Å². The SMILES string of the molecule is CC1Cc2cc(C(O)c3ccccc3C(=O)O)ccc2O1. The summed E-state index contributed by atoms with van der Waals surface area (Å²) in [5.41, 5.74) is 2.25. The Morgan fingerprint density at radius 2 is 2.05 bits per heavy atom. The van der Waals surface area contributed by atoms with Gasteiger partial charge in [0.1, 0.15) is 18.0 Å². The number of hydrogen-bond donors (Lipinski definition) is 2. The number of aliphatic hydroxyl groups excluding tert-OH is 1. The molecule has 3 rings (SSSR count). The quantitative estimate of drug-likeness (QED) is 0.909. The Hall–Kier alpha value is -2.33. The first-order valence-electron chi connectivity index (χ1n) is 6.86. The zero-order valence-electron chi connectivity index (χ0n) is 11.6. The van der Waals surface area contributed by atoms with Crippen LogP contribution in [0.1, 0.15) is 40.1 Å². The number of carbonyl (C=O) groups is 1. The van der Waals surface area contributed by atoms with E-state index < -0.39 is 12.1 Å². The van der Waals surface area contributed by atoms with Crippen molar-refractivity contribution in [1.82, 2.24) is 0 Å². The van der Waals surface area contributed by atoms with E-state index in [0.717, 1.165) is 17.7 Å². The van der Waals surface area contributed by atoms with Crippen LogP contribution < -0.4 is 4.74 Å². The second-order valence-corrected chi connectivity index (χ2v) is 5.29. The maximum Gasteiger partial charge on any atom is 0.336 e. The summed E-state index contributed by atoms with van der Waals surface area (Å²) in [4.78, 5) is 11.3. The van der Waals surface area contributed by atoms with Gasteiger partial charge >= 0.3 is 5.97 Å². The van der Waals surface area contributed by atoms with Crippen molar-refractivity contribution in [2.75, 3.05) is 0 Å². The summed E-state index contributed by atoms with van der Waals surface area (Å²) >= 11 is 0. The Kier molecular flexibility index (Phi) is 3.39. The highest BCUT2D eigenvalue weighted by Crippen LogP contribution is 2.33. The van der Waals surface area contributed by atoms with Gasteiger partial charge in [0.05, 0.1) is 5.56 Å². The van der Waals surface area contributed by atoms with Crippen LogP contribution in [0.4, 0.5) is 0 Å². The number of carboxylic acid groups (broad SMARTS) is 1. The van der Waals surface area contributed by atoms with Gasteiger partial charge in [0.15, 0.2) is 0 Å². The summed E-state index contributed by atoms with van der Waals surface area (Å²) in [7, 11) is 0. The molecule has 4 heteroatoms. The molecule has 0 aromatic heterocycles. The van der Waals surface area contributed by atoms with Crippen molar-refractivity contribution in [3.63, 3.8) is 0 Å². The third kappa shape index (κ3) is 2.50. The summed E-state index contributed by atoms with van der Waals surface area (Å²) in [6.45, 7) is 2.00. The molecule has 1 aliphatic heterocycles. The monoisotopic (exact) mass is 284 g/mol. The Morgan fingerprint density at radius 1 is 1.29 bits per heavy atom. The minimum Gasteiger partial charge on any atom is -0.490 e. The van der Waals surface area contributed by atoms with Gasteiger partial charge in [0, 0.05) is 6.42 Å². The average Bonchev–Trinajstić information content (AvgIpc) is 2.85. The Morgan fingerprint density at radius 3 is 2.81 bits per heavy atom. The van der Waals surface area contributed by atoms with Crippen LogP contribution in [0.2, 0.25) is 0 Å². The number of fused-ring (bicyclic) bond motifs is 1. The van der Waals surface area contributed by atoms with E-state index in [2.05, 4.69) is 0 Å². The minimum atomic E-state index is -1.04. The standard InChI is InChI=1S/C17H16O4/c1-10-8-12-9-11(6-7-15(12)21-10)16(18)13-4-2-3-5-14(13)17(19)20/h2-7,9-10,16,18H,8H2,1H3,(H,19,20). The molecule has 2 atom stereocenters. The molecule has 21 heavy (non-hydrogen) atoms. The zero-order valence-corrected chi connectivity index (χ0v) is 11.6. The van der Waals surface area contributed by atoms with Gasteiger partial charge in [-0.05, 0) is 41.8 Å². The second kappa shape index (κ2) is 5.22. The van der Waals surface area contributed by atoms with Crippen LogP contribution in [0.15, 0.2) is 42.5 Å². The molecule has 2 N–H and O–H groups in total. The van der Waals surface area contributed by atoms with Crippen LogP contribution in [0.3, 0.4) is 0 Å². The molecule has 4 nitrogen and oxygen atoms in total. The fourth-order valence-electron chi connectivity index (χ4n) is 2.72. The molecule has 2 aromatic carbocycles. The van der Waals surface area contributed by atoms with Gasteiger partial charge in [-0.15, -0.1) is 0 Å². The Labute approximate surface area is 122 Å². The Bertz CT molecular complexity index is 693. The zero-order chi connectivity index (χ0) is 15.0. The van der Waals surface area contributed by atoms with Gasteiger partial charge in [0.25, 0.3) is 0 Å². The first kappa shape index (κ1) is 13.6. The van der Waals surface area contributed by atoms with Crippen molar-refractivity contribution < 1.29 is 19.7 Å². The smallest absolute Gasteiger partial charge is 0.336 e. The molecular weight excluding hydrogens is 268 g/mol. The number of hydrogen-bond acceptors (Lipinski definition) is 3. The predicted octanol–water partition coefficient (Wildman–Crippen LogP) is 2.79.